The number of carbonyl (C=O) groups excluding carboxylic acids is 1. The second kappa shape index (κ2) is 9.12. The van der Waals surface area contributed by atoms with E-state index in [1.807, 2.05) is 29.2 Å². The van der Waals surface area contributed by atoms with Gasteiger partial charge in [-0.05, 0) is 37.7 Å². The van der Waals surface area contributed by atoms with Crippen LogP contribution in [0, 0.1) is 5.92 Å². The van der Waals surface area contributed by atoms with Crippen LogP contribution in [-0.4, -0.2) is 94.9 Å². The molecule has 3 fully saturated rings. The van der Waals surface area contributed by atoms with E-state index >= 15 is 0 Å². The first kappa shape index (κ1) is 21.9. The Labute approximate surface area is 191 Å². The van der Waals surface area contributed by atoms with Crippen molar-refractivity contribution in [2.24, 2.45) is 5.92 Å². The highest BCUT2D eigenvalue weighted by Gasteiger charge is 2.43. The molecule has 2 aromatic rings. The van der Waals surface area contributed by atoms with Crippen LogP contribution in [0.3, 0.4) is 0 Å². The molecule has 0 aliphatic carbocycles. The number of hydrogen-bond acceptors (Lipinski definition) is 5. The van der Waals surface area contributed by atoms with Crippen molar-refractivity contribution in [3.63, 3.8) is 0 Å². The molecule has 1 N–H and O–H groups in total. The first-order valence-electron chi connectivity index (χ1n) is 12.4. The summed E-state index contributed by atoms with van der Waals surface area (Å²) in [5.74, 6) is 0.770. The third-order valence-corrected chi connectivity index (χ3v) is 7.65. The second-order valence-electron chi connectivity index (χ2n) is 10.3. The number of rotatable bonds is 4. The molecule has 7 heteroatoms. The van der Waals surface area contributed by atoms with Gasteiger partial charge in [-0.2, -0.15) is 5.10 Å². The monoisotopic (exact) mass is 439 g/mol. The Hall–Kier alpha value is -1.96. The molecule has 3 aliphatic heterocycles. The van der Waals surface area contributed by atoms with Crippen LogP contribution in [0.4, 0.5) is 0 Å². The minimum Gasteiger partial charge on any atom is -0.375 e. The van der Waals surface area contributed by atoms with E-state index in [0.29, 0.717) is 11.7 Å². The van der Waals surface area contributed by atoms with Gasteiger partial charge in [-0.3, -0.25) is 14.8 Å². The lowest BCUT2D eigenvalue weighted by molar-refractivity contribution is -0.132. The lowest BCUT2D eigenvalue weighted by atomic mass is 9.81. The number of nitrogens with one attached hydrogen (secondary N) is 1. The topological polar surface area (TPSA) is 64.7 Å². The summed E-state index contributed by atoms with van der Waals surface area (Å²) in [4.78, 5) is 20.4. The summed E-state index contributed by atoms with van der Waals surface area (Å²) in [6, 6.07) is 8.46. The number of H-pyrrole nitrogens is 1. The molecule has 0 unspecified atom stereocenters. The van der Waals surface area contributed by atoms with Crippen molar-refractivity contribution in [2.75, 3.05) is 52.4 Å². The standard InChI is InChI=1S/C25H37N5O2/c1-19(2)18-28-12-14-29(15-13-28)20-7-16-32-25(17-20)8-10-30(11-9-25)24(31)23-21-5-3-4-6-22(21)26-27-23/h3-6,19-20H,7-18H2,1-2H3,(H,26,27)/t20-/m1/s1. The van der Waals surface area contributed by atoms with Gasteiger partial charge in [0, 0.05) is 63.8 Å². The van der Waals surface area contributed by atoms with E-state index in [1.165, 1.54) is 32.7 Å². The van der Waals surface area contributed by atoms with Crippen LogP contribution >= 0.6 is 0 Å². The molecule has 5 rings (SSSR count). The molecular weight excluding hydrogens is 402 g/mol. The molecule has 1 aromatic carbocycles. The SMILES string of the molecule is CC(C)CN1CCN([C@@H]2CCOC3(CCN(C(=O)c4n[nH]c5ccccc45)CC3)C2)CC1. The number of aromatic amines is 1. The predicted molar refractivity (Wildman–Crippen MR) is 126 cm³/mol. The average Bonchev–Trinajstić information content (AvgIpc) is 3.24. The van der Waals surface area contributed by atoms with E-state index in [-0.39, 0.29) is 11.5 Å². The molecule has 4 heterocycles. The normalized spacial score (nSPS) is 25.1. The molecule has 174 valence electrons. The number of likely N-dealkylation sites (tertiary alicyclic amines) is 1. The van der Waals surface area contributed by atoms with Gasteiger partial charge < -0.3 is 14.5 Å². The van der Waals surface area contributed by atoms with Crippen molar-refractivity contribution in [3.8, 4) is 0 Å². The highest BCUT2D eigenvalue weighted by Crippen LogP contribution is 2.37. The molecule has 1 amide bonds. The molecule has 7 nitrogen and oxygen atoms in total. The van der Waals surface area contributed by atoms with E-state index in [2.05, 4.69) is 33.8 Å². The number of nitrogens with zero attached hydrogens (tertiary/aromatic N) is 4. The van der Waals surface area contributed by atoms with Crippen molar-refractivity contribution in [3.05, 3.63) is 30.0 Å². The number of carbonyl (C=O) groups is 1. The number of fused-ring (bicyclic) bond motifs is 1. The number of aromatic nitrogens is 2. The largest absolute Gasteiger partial charge is 0.375 e. The van der Waals surface area contributed by atoms with Gasteiger partial charge in [0.05, 0.1) is 11.1 Å². The van der Waals surface area contributed by atoms with Crippen molar-refractivity contribution in [1.29, 1.82) is 0 Å². The molecule has 3 saturated heterocycles. The molecule has 1 atom stereocenters. The molecule has 0 bridgehead atoms. The van der Waals surface area contributed by atoms with Crippen molar-refractivity contribution < 1.29 is 9.53 Å². The van der Waals surface area contributed by atoms with Gasteiger partial charge in [0.2, 0.25) is 0 Å². The minimum atomic E-state index is -0.0671. The van der Waals surface area contributed by atoms with Crippen LogP contribution in [-0.2, 0) is 4.74 Å². The van der Waals surface area contributed by atoms with Crippen LogP contribution in [0.2, 0.25) is 0 Å². The predicted octanol–water partition coefficient (Wildman–Crippen LogP) is 2.99. The highest BCUT2D eigenvalue weighted by atomic mass is 16.5. The minimum absolute atomic E-state index is 0.0333. The van der Waals surface area contributed by atoms with Gasteiger partial charge in [-0.1, -0.05) is 32.0 Å². The Balaban J connectivity index is 1.17. The zero-order valence-corrected chi connectivity index (χ0v) is 19.6. The third kappa shape index (κ3) is 4.43. The number of hydrogen-bond donors (Lipinski definition) is 1. The summed E-state index contributed by atoms with van der Waals surface area (Å²) in [5.41, 5.74) is 1.39. The number of amides is 1. The summed E-state index contributed by atoms with van der Waals surface area (Å²) < 4.78 is 6.39. The lowest BCUT2D eigenvalue weighted by Gasteiger charge is -2.49. The number of benzene rings is 1. The van der Waals surface area contributed by atoms with Gasteiger partial charge in [0.25, 0.3) is 5.91 Å². The number of ether oxygens (including phenoxy) is 1. The van der Waals surface area contributed by atoms with Gasteiger partial charge >= 0.3 is 0 Å². The van der Waals surface area contributed by atoms with Gasteiger partial charge in [-0.25, -0.2) is 0 Å². The molecule has 0 saturated carbocycles. The Bertz CT molecular complexity index is 925. The summed E-state index contributed by atoms with van der Waals surface area (Å²) in [5, 5.41) is 8.21. The maximum absolute atomic E-state index is 13.2. The third-order valence-electron chi connectivity index (χ3n) is 7.65. The van der Waals surface area contributed by atoms with E-state index in [0.717, 1.165) is 62.2 Å². The fraction of sp³-hybridized carbons (Fsp3) is 0.680. The maximum Gasteiger partial charge on any atom is 0.274 e. The molecule has 1 spiro atoms. The molecule has 32 heavy (non-hydrogen) atoms. The Morgan fingerprint density at radius 1 is 1.16 bits per heavy atom. The van der Waals surface area contributed by atoms with Crippen molar-refractivity contribution in [2.45, 2.75) is 51.2 Å². The summed E-state index contributed by atoms with van der Waals surface area (Å²) in [7, 11) is 0. The fourth-order valence-corrected chi connectivity index (χ4v) is 5.88. The molecular formula is C25H37N5O2. The van der Waals surface area contributed by atoms with Crippen LogP contribution in [0.15, 0.2) is 24.3 Å². The van der Waals surface area contributed by atoms with Crippen LogP contribution in [0.5, 0.6) is 0 Å². The van der Waals surface area contributed by atoms with E-state index in [9.17, 15) is 4.79 Å². The van der Waals surface area contributed by atoms with E-state index in [1.54, 1.807) is 0 Å². The Kier molecular flexibility index (Phi) is 6.23. The Morgan fingerprint density at radius 3 is 2.66 bits per heavy atom. The lowest BCUT2D eigenvalue weighted by Crippen LogP contribution is -2.57. The first-order valence-corrected chi connectivity index (χ1v) is 12.4. The summed E-state index contributed by atoms with van der Waals surface area (Å²) >= 11 is 0. The zero-order valence-electron chi connectivity index (χ0n) is 19.6. The summed E-state index contributed by atoms with van der Waals surface area (Å²) in [6.45, 7) is 12.9. The van der Waals surface area contributed by atoms with Gasteiger partial charge in [0.1, 0.15) is 0 Å². The molecule has 3 aliphatic rings. The van der Waals surface area contributed by atoms with Crippen molar-refractivity contribution in [1.82, 2.24) is 24.9 Å². The smallest absolute Gasteiger partial charge is 0.274 e. The fourth-order valence-electron chi connectivity index (χ4n) is 5.88. The molecule has 0 radical (unpaired) electrons. The van der Waals surface area contributed by atoms with E-state index < -0.39 is 0 Å². The number of piperazine rings is 1. The van der Waals surface area contributed by atoms with E-state index in [4.69, 9.17) is 4.74 Å². The maximum atomic E-state index is 13.2. The van der Waals surface area contributed by atoms with Crippen LogP contribution in [0.25, 0.3) is 10.9 Å². The van der Waals surface area contributed by atoms with Crippen LogP contribution in [0.1, 0.15) is 50.0 Å². The number of piperidine rings is 1. The van der Waals surface area contributed by atoms with Gasteiger partial charge in [0.15, 0.2) is 5.69 Å². The first-order chi connectivity index (χ1) is 15.5. The molecule has 1 aromatic heterocycles. The van der Waals surface area contributed by atoms with Crippen molar-refractivity contribution >= 4 is 16.8 Å². The average molecular weight is 440 g/mol. The quantitative estimate of drug-likeness (QED) is 0.794. The second-order valence-corrected chi connectivity index (χ2v) is 10.3. The number of para-hydroxylation sites is 1. The van der Waals surface area contributed by atoms with Crippen LogP contribution < -0.4 is 0 Å². The van der Waals surface area contributed by atoms with Gasteiger partial charge in [-0.15, -0.1) is 0 Å². The summed E-state index contributed by atoms with van der Waals surface area (Å²) in [6.07, 6.45) is 4.08. The highest BCUT2D eigenvalue weighted by molar-refractivity contribution is 6.04. The Morgan fingerprint density at radius 2 is 1.91 bits per heavy atom. The zero-order chi connectivity index (χ0) is 22.1.